The zero-order valence-electron chi connectivity index (χ0n) is 13.9. The van der Waals surface area contributed by atoms with Gasteiger partial charge in [-0.1, -0.05) is 17.7 Å². The summed E-state index contributed by atoms with van der Waals surface area (Å²) in [7, 11) is 0. The molecule has 26 heavy (non-hydrogen) atoms. The Morgan fingerprint density at radius 1 is 1.31 bits per heavy atom. The summed E-state index contributed by atoms with van der Waals surface area (Å²) in [6, 6.07) is 8.65. The van der Waals surface area contributed by atoms with Crippen LogP contribution in [0.2, 0.25) is 5.02 Å². The number of nitrogens with one attached hydrogen (secondary N) is 1. The first-order valence-corrected chi connectivity index (χ1v) is 8.70. The van der Waals surface area contributed by atoms with Crippen molar-refractivity contribution in [3.05, 3.63) is 74.9 Å². The van der Waals surface area contributed by atoms with E-state index in [-0.39, 0.29) is 11.3 Å². The van der Waals surface area contributed by atoms with Crippen molar-refractivity contribution in [2.75, 3.05) is 6.54 Å². The fraction of sp³-hybridized carbons (Fsp3) is 0.211. The number of phenols is 1. The predicted octanol–water partition coefficient (Wildman–Crippen LogP) is 2.75. The number of benzene rings is 1. The topological polar surface area (TPSA) is 82.1 Å². The minimum absolute atomic E-state index is 0.115. The molecule has 0 unspecified atom stereocenters. The van der Waals surface area contributed by atoms with Gasteiger partial charge in [0.15, 0.2) is 0 Å². The Hall–Kier alpha value is -2.70. The number of hydrogen-bond acceptors (Lipinski definition) is 5. The van der Waals surface area contributed by atoms with Crippen LogP contribution in [0.1, 0.15) is 16.8 Å². The Kier molecular flexibility index (Phi) is 4.44. The number of halogens is 1. The lowest BCUT2D eigenvalue weighted by molar-refractivity contribution is 0.242. The lowest BCUT2D eigenvalue weighted by Gasteiger charge is -2.28. The van der Waals surface area contributed by atoms with Crippen molar-refractivity contribution in [1.82, 2.24) is 19.9 Å². The highest BCUT2D eigenvalue weighted by Crippen LogP contribution is 2.25. The van der Waals surface area contributed by atoms with E-state index in [1.165, 1.54) is 6.07 Å². The number of aromatic amines is 1. The van der Waals surface area contributed by atoms with E-state index in [0.29, 0.717) is 35.9 Å². The summed E-state index contributed by atoms with van der Waals surface area (Å²) in [4.78, 5) is 26.3. The van der Waals surface area contributed by atoms with Gasteiger partial charge in [-0.3, -0.25) is 14.7 Å². The minimum Gasteiger partial charge on any atom is -0.508 e. The Bertz CT molecular complexity index is 1000. The van der Waals surface area contributed by atoms with Gasteiger partial charge in [-0.25, -0.2) is 4.98 Å². The zero-order valence-corrected chi connectivity index (χ0v) is 14.7. The molecule has 6 nitrogen and oxygen atoms in total. The maximum atomic E-state index is 12.6. The van der Waals surface area contributed by atoms with Crippen LogP contribution in [-0.4, -0.2) is 31.5 Å². The summed E-state index contributed by atoms with van der Waals surface area (Å²) in [5.41, 5.74) is 3.13. The lowest BCUT2D eigenvalue weighted by Crippen LogP contribution is -2.35. The van der Waals surface area contributed by atoms with Crippen LogP contribution >= 0.6 is 11.6 Å². The average molecular weight is 369 g/mol. The van der Waals surface area contributed by atoms with Crippen LogP contribution in [0, 0.1) is 0 Å². The fourth-order valence-electron chi connectivity index (χ4n) is 3.16. The SMILES string of the molecule is O=c1[nH]c(-c2cccnc2)nc2c1CN(Cc1ccc(O)cc1Cl)CC2. The molecule has 4 rings (SSSR count). The summed E-state index contributed by atoms with van der Waals surface area (Å²) in [6.07, 6.45) is 4.07. The third-order valence-corrected chi connectivity index (χ3v) is 4.87. The van der Waals surface area contributed by atoms with E-state index >= 15 is 0 Å². The maximum absolute atomic E-state index is 12.6. The number of nitrogens with zero attached hydrogens (tertiary/aromatic N) is 3. The molecule has 0 saturated heterocycles. The molecular formula is C19H17ClN4O2. The molecule has 3 aromatic rings. The van der Waals surface area contributed by atoms with Crippen molar-refractivity contribution in [2.24, 2.45) is 0 Å². The molecule has 0 aliphatic carbocycles. The van der Waals surface area contributed by atoms with Gasteiger partial charge in [-0.05, 0) is 29.8 Å². The highest BCUT2D eigenvalue weighted by molar-refractivity contribution is 6.31. The molecule has 1 aromatic carbocycles. The first kappa shape index (κ1) is 16.8. The van der Waals surface area contributed by atoms with Crippen LogP contribution < -0.4 is 5.56 Å². The van der Waals surface area contributed by atoms with E-state index in [0.717, 1.165) is 23.4 Å². The van der Waals surface area contributed by atoms with Gasteiger partial charge in [0.25, 0.3) is 5.56 Å². The standard InChI is InChI=1S/C19H17ClN4O2/c20-16-8-14(25)4-3-13(16)10-24-7-5-17-15(11-24)19(26)23-18(22-17)12-2-1-6-21-9-12/h1-4,6,8-9,25H,5,7,10-11H2,(H,22,23,26). The van der Waals surface area contributed by atoms with E-state index in [4.69, 9.17) is 11.6 Å². The molecule has 0 atom stereocenters. The molecule has 2 N–H and O–H groups in total. The van der Waals surface area contributed by atoms with Crippen molar-refractivity contribution in [3.8, 4) is 17.1 Å². The van der Waals surface area contributed by atoms with Gasteiger partial charge in [-0.15, -0.1) is 0 Å². The van der Waals surface area contributed by atoms with Crippen molar-refractivity contribution < 1.29 is 5.11 Å². The molecule has 0 amide bonds. The molecule has 132 valence electrons. The molecule has 7 heteroatoms. The number of pyridine rings is 1. The highest BCUT2D eigenvalue weighted by Gasteiger charge is 2.22. The van der Waals surface area contributed by atoms with Gasteiger partial charge in [0, 0.05) is 49.0 Å². The molecule has 0 bridgehead atoms. The smallest absolute Gasteiger partial charge is 0.255 e. The molecule has 1 aliphatic rings. The molecule has 0 radical (unpaired) electrons. The Labute approximate surface area is 155 Å². The first-order valence-electron chi connectivity index (χ1n) is 8.32. The molecule has 2 aromatic heterocycles. The van der Waals surface area contributed by atoms with Crippen molar-refractivity contribution in [2.45, 2.75) is 19.5 Å². The predicted molar refractivity (Wildman–Crippen MR) is 99.0 cm³/mol. The van der Waals surface area contributed by atoms with Crippen LogP contribution in [0.3, 0.4) is 0 Å². The summed E-state index contributed by atoms with van der Waals surface area (Å²) in [5, 5.41) is 10.00. The van der Waals surface area contributed by atoms with Gasteiger partial charge < -0.3 is 10.1 Å². The van der Waals surface area contributed by atoms with Gasteiger partial charge >= 0.3 is 0 Å². The largest absolute Gasteiger partial charge is 0.508 e. The van der Waals surface area contributed by atoms with Crippen molar-refractivity contribution >= 4 is 11.6 Å². The number of aromatic hydroxyl groups is 1. The van der Waals surface area contributed by atoms with Gasteiger partial charge in [0.1, 0.15) is 11.6 Å². The van der Waals surface area contributed by atoms with Crippen LogP contribution in [0.15, 0.2) is 47.5 Å². The minimum atomic E-state index is -0.115. The normalized spacial score (nSPS) is 14.2. The molecular weight excluding hydrogens is 352 g/mol. The number of aromatic nitrogens is 3. The number of H-pyrrole nitrogens is 1. The third kappa shape index (κ3) is 3.34. The molecule has 1 aliphatic heterocycles. The number of rotatable bonds is 3. The Morgan fingerprint density at radius 3 is 2.96 bits per heavy atom. The molecule has 0 spiro atoms. The first-order chi connectivity index (χ1) is 12.6. The van der Waals surface area contributed by atoms with Crippen molar-refractivity contribution in [1.29, 1.82) is 0 Å². The lowest BCUT2D eigenvalue weighted by atomic mass is 10.1. The molecule has 0 saturated carbocycles. The Morgan fingerprint density at radius 2 is 2.19 bits per heavy atom. The van der Waals surface area contributed by atoms with Crippen LogP contribution in [0.25, 0.3) is 11.4 Å². The maximum Gasteiger partial charge on any atom is 0.255 e. The monoisotopic (exact) mass is 368 g/mol. The third-order valence-electron chi connectivity index (χ3n) is 4.51. The summed E-state index contributed by atoms with van der Waals surface area (Å²) in [5.74, 6) is 0.697. The summed E-state index contributed by atoms with van der Waals surface area (Å²) in [6.45, 7) is 1.91. The number of phenolic OH excluding ortho intramolecular Hbond substituents is 1. The van der Waals surface area contributed by atoms with E-state index in [9.17, 15) is 9.90 Å². The summed E-state index contributed by atoms with van der Waals surface area (Å²) < 4.78 is 0. The highest BCUT2D eigenvalue weighted by atomic mass is 35.5. The molecule has 3 heterocycles. The zero-order chi connectivity index (χ0) is 18.1. The van der Waals surface area contributed by atoms with E-state index < -0.39 is 0 Å². The second-order valence-electron chi connectivity index (χ2n) is 6.32. The van der Waals surface area contributed by atoms with Crippen LogP contribution in [0.5, 0.6) is 5.75 Å². The van der Waals surface area contributed by atoms with E-state index in [2.05, 4.69) is 19.9 Å². The van der Waals surface area contributed by atoms with Crippen LogP contribution in [0.4, 0.5) is 0 Å². The van der Waals surface area contributed by atoms with Gasteiger partial charge in [-0.2, -0.15) is 0 Å². The van der Waals surface area contributed by atoms with E-state index in [1.807, 2.05) is 12.1 Å². The Balaban J connectivity index is 1.58. The second kappa shape index (κ2) is 6.90. The van der Waals surface area contributed by atoms with Gasteiger partial charge in [0.05, 0.1) is 11.3 Å². The molecule has 0 fully saturated rings. The number of fused-ring (bicyclic) bond motifs is 1. The average Bonchev–Trinajstić information content (AvgIpc) is 2.65. The second-order valence-corrected chi connectivity index (χ2v) is 6.73. The quantitative estimate of drug-likeness (QED) is 0.742. The van der Waals surface area contributed by atoms with Crippen molar-refractivity contribution in [3.63, 3.8) is 0 Å². The fourth-order valence-corrected chi connectivity index (χ4v) is 3.40. The van der Waals surface area contributed by atoms with E-state index in [1.54, 1.807) is 24.5 Å². The van der Waals surface area contributed by atoms with Crippen LogP contribution in [-0.2, 0) is 19.5 Å². The van der Waals surface area contributed by atoms with Gasteiger partial charge in [0.2, 0.25) is 0 Å². The number of hydrogen-bond donors (Lipinski definition) is 2. The summed E-state index contributed by atoms with van der Waals surface area (Å²) >= 11 is 6.20.